The quantitative estimate of drug-likeness (QED) is 0.379. The normalized spacial score (nSPS) is 11.1. The summed E-state index contributed by atoms with van der Waals surface area (Å²) in [4.78, 5) is 21.2. The van der Waals surface area contributed by atoms with Crippen molar-refractivity contribution in [2.45, 2.75) is 71.3 Å². The first-order chi connectivity index (χ1) is 14.8. The molecule has 3 rings (SSSR count). The van der Waals surface area contributed by atoms with Crippen molar-refractivity contribution in [3.63, 3.8) is 0 Å². The highest BCUT2D eigenvalue weighted by Gasteiger charge is 2.11. The number of nitrogens with one attached hydrogen (secondary N) is 1. The first-order valence-electron chi connectivity index (χ1n) is 11.4. The Morgan fingerprint density at radius 1 is 0.933 bits per heavy atom. The first-order valence-corrected chi connectivity index (χ1v) is 11.4. The monoisotopic (exact) mass is 406 g/mol. The van der Waals surface area contributed by atoms with Gasteiger partial charge in [-0.05, 0) is 30.7 Å². The van der Waals surface area contributed by atoms with E-state index in [1.165, 1.54) is 56.9 Å². The number of amides is 1. The van der Waals surface area contributed by atoms with Crippen LogP contribution in [0.25, 0.3) is 11.0 Å². The van der Waals surface area contributed by atoms with Gasteiger partial charge in [0.15, 0.2) is 0 Å². The molecule has 0 bridgehead atoms. The van der Waals surface area contributed by atoms with E-state index in [1.807, 2.05) is 18.2 Å². The average Bonchev–Trinajstić information content (AvgIpc) is 3.13. The highest BCUT2D eigenvalue weighted by atomic mass is 16.1. The number of carbonyl (C=O) groups is 1. The van der Waals surface area contributed by atoms with Gasteiger partial charge in [0, 0.05) is 25.7 Å². The lowest BCUT2D eigenvalue weighted by atomic mass is 10.1. The lowest BCUT2D eigenvalue weighted by Gasteiger charge is -2.10. The van der Waals surface area contributed by atoms with Crippen LogP contribution in [0.15, 0.2) is 48.7 Å². The number of nitrogens with zero attached hydrogens (tertiary/aromatic N) is 3. The lowest BCUT2D eigenvalue weighted by molar-refractivity contribution is 0.0949. The van der Waals surface area contributed by atoms with Gasteiger partial charge in [0.2, 0.25) is 0 Å². The number of unbranched alkanes of at least 4 members (excludes halogenated alkanes) is 7. The van der Waals surface area contributed by atoms with Crippen molar-refractivity contribution in [1.82, 2.24) is 19.9 Å². The number of benzene rings is 1. The van der Waals surface area contributed by atoms with Crippen LogP contribution in [0.4, 0.5) is 0 Å². The summed E-state index contributed by atoms with van der Waals surface area (Å²) in [6.07, 6.45) is 12.8. The van der Waals surface area contributed by atoms with Gasteiger partial charge in [0.05, 0.1) is 11.0 Å². The lowest BCUT2D eigenvalue weighted by Crippen LogP contribution is -2.27. The van der Waals surface area contributed by atoms with E-state index in [-0.39, 0.29) is 5.91 Å². The molecule has 0 aliphatic rings. The molecule has 0 unspecified atom stereocenters. The molecule has 0 saturated heterocycles. The molecule has 0 radical (unpaired) electrons. The van der Waals surface area contributed by atoms with Crippen molar-refractivity contribution in [3.05, 3.63) is 60.2 Å². The Balaban J connectivity index is 1.52. The number of para-hydroxylation sites is 2. The van der Waals surface area contributed by atoms with Gasteiger partial charge in [-0.2, -0.15) is 0 Å². The fourth-order valence-electron chi connectivity index (χ4n) is 3.85. The van der Waals surface area contributed by atoms with E-state index in [1.54, 1.807) is 12.3 Å². The second kappa shape index (κ2) is 12.1. The third-order valence-corrected chi connectivity index (χ3v) is 5.50. The molecule has 0 fully saturated rings. The molecular formula is C25H34N4O. The number of hydrogen-bond donors (Lipinski definition) is 1. The van der Waals surface area contributed by atoms with Crippen molar-refractivity contribution in [2.24, 2.45) is 0 Å². The van der Waals surface area contributed by atoms with Crippen molar-refractivity contribution in [3.8, 4) is 0 Å². The van der Waals surface area contributed by atoms with Gasteiger partial charge in [-0.15, -0.1) is 0 Å². The van der Waals surface area contributed by atoms with Gasteiger partial charge in [0.1, 0.15) is 11.5 Å². The molecule has 0 atom stereocenters. The zero-order valence-electron chi connectivity index (χ0n) is 18.1. The fraction of sp³-hybridized carbons (Fsp3) is 0.480. The average molecular weight is 407 g/mol. The van der Waals surface area contributed by atoms with Crippen molar-refractivity contribution >= 4 is 16.9 Å². The van der Waals surface area contributed by atoms with Crippen LogP contribution in [0.2, 0.25) is 0 Å². The summed E-state index contributed by atoms with van der Waals surface area (Å²) in [5, 5.41) is 2.96. The molecule has 3 aromatic rings. The zero-order chi connectivity index (χ0) is 21.0. The minimum atomic E-state index is -0.138. The molecule has 0 aliphatic carbocycles. The molecule has 30 heavy (non-hydrogen) atoms. The molecule has 1 aromatic carbocycles. The van der Waals surface area contributed by atoms with Gasteiger partial charge < -0.3 is 9.88 Å². The zero-order valence-corrected chi connectivity index (χ0v) is 18.1. The van der Waals surface area contributed by atoms with Gasteiger partial charge >= 0.3 is 0 Å². The van der Waals surface area contributed by atoms with E-state index < -0.39 is 0 Å². The molecule has 0 spiro atoms. The third-order valence-electron chi connectivity index (χ3n) is 5.50. The van der Waals surface area contributed by atoms with Crippen LogP contribution in [0.3, 0.4) is 0 Å². The molecular weight excluding hydrogens is 372 g/mol. The minimum Gasteiger partial charge on any atom is -0.350 e. The minimum absolute atomic E-state index is 0.138. The summed E-state index contributed by atoms with van der Waals surface area (Å²) in [6, 6.07) is 13.7. The molecule has 1 N–H and O–H groups in total. The van der Waals surface area contributed by atoms with E-state index in [2.05, 4.69) is 40.0 Å². The molecule has 2 aromatic heterocycles. The van der Waals surface area contributed by atoms with Crippen LogP contribution >= 0.6 is 0 Å². The predicted octanol–water partition coefficient (Wildman–Crippen LogP) is 5.54. The number of pyridine rings is 1. The molecule has 5 heteroatoms. The van der Waals surface area contributed by atoms with Crippen LogP contribution in [0.1, 0.15) is 74.6 Å². The fourth-order valence-corrected chi connectivity index (χ4v) is 3.85. The van der Waals surface area contributed by atoms with Crippen molar-refractivity contribution < 1.29 is 4.79 Å². The maximum atomic E-state index is 12.2. The number of aromatic nitrogens is 3. The van der Waals surface area contributed by atoms with Crippen LogP contribution in [0, 0.1) is 0 Å². The smallest absolute Gasteiger partial charge is 0.269 e. The van der Waals surface area contributed by atoms with Crippen molar-refractivity contribution in [2.75, 3.05) is 6.54 Å². The molecule has 5 nitrogen and oxygen atoms in total. The Labute approximate surface area is 179 Å². The number of aryl methyl sites for hydroxylation is 1. The summed E-state index contributed by atoms with van der Waals surface area (Å²) >= 11 is 0. The summed E-state index contributed by atoms with van der Waals surface area (Å²) in [7, 11) is 0. The molecule has 0 saturated carbocycles. The van der Waals surface area contributed by atoms with E-state index >= 15 is 0 Å². The van der Waals surface area contributed by atoms with Gasteiger partial charge in [-0.25, -0.2) is 4.98 Å². The largest absolute Gasteiger partial charge is 0.350 e. The van der Waals surface area contributed by atoms with Crippen molar-refractivity contribution in [1.29, 1.82) is 0 Å². The second-order valence-electron chi connectivity index (χ2n) is 7.86. The van der Waals surface area contributed by atoms with Crippen LogP contribution in [0.5, 0.6) is 0 Å². The standard InChI is InChI=1S/C25H34N4O/c1-2-3-4-5-6-7-8-13-20-29-23-16-10-9-14-21(23)28-24(29)17-19-27-25(30)22-15-11-12-18-26-22/h9-12,14-16,18H,2-8,13,17,19-20H2,1H3,(H,27,30). The van der Waals surface area contributed by atoms with E-state index in [4.69, 9.17) is 4.98 Å². The summed E-state index contributed by atoms with van der Waals surface area (Å²) in [5.74, 6) is 0.904. The van der Waals surface area contributed by atoms with Gasteiger partial charge in [-0.3, -0.25) is 9.78 Å². The second-order valence-corrected chi connectivity index (χ2v) is 7.86. The summed E-state index contributed by atoms with van der Waals surface area (Å²) < 4.78 is 2.33. The topological polar surface area (TPSA) is 59.8 Å². The number of hydrogen-bond acceptors (Lipinski definition) is 3. The summed E-state index contributed by atoms with van der Waals surface area (Å²) in [5.41, 5.74) is 2.67. The Morgan fingerprint density at radius 2 is 1.67 bits per heavy atom. The Kier molecular flexibility index (Phi) is 8.88. The molecule has 0 aliphatic heterocycles. The Morgan fingerprint density at radius 3 is 2.43 bits per heavy atom. The molecule has 1 amide bonds. The number of imidazole rings is 1. The Hall–Kier alpha value is -2.69. The van der Waals surface area contributed by atoms with E-state index in [0.29, 0.717) is 18.7 Å². The predicted molar refractivity (Wildman–Crippen MR) is 123 cm³/mol. The maximum absolute atomic E-state index is 12.2. The maximum Gasteiger partial charge on any atom is 0.269 e. The number of fused-ring (bicyclic) bond motifs is 1. The molecule has 160 valence electrons. The summed E-state index contributed by atoms with van der Waals surface area (Å²) in [6.45, 7) is 3.80. The highest BCUT2D eigenvalue weighted by molar-refractivity contribution is 5.92. The molecule has 2 heterocycles. The Bertz CT molecular complexity index is 904. The first kappa shape index (κ1) is 22.0. The van der Waals surface area contributed by atoms with Crippen LogP contribution in [-0.4, -0.2) is 27.0 Å². The van der Waals surface area contributed by atoms with Crippen LogP contribution in [-0.2, 0) is 13.0 Å². The van der Waals surface area contributed by atoms with Gasteiger partial charge in [0.25, 0.3) is 5.91 Å². The van der Waals surface area contributed by atoms with Gasteiger partial charge in [-0.1, -0.05) is 70.1 Å². The van der Waals surface area contributed by atoms with E-state index in [9.17, 15) is 4.79 Å². The third kappa shape index (κ3) is 6.41. The SMILES string of the molecule is CCCCCCCCCCn1c(CCNC(=O)c2ccccn2)nc2ccccc21. The number of carbonyl (C=O) groups excluding carboxylic acids is 1. The highest BCUT2D eigenvalue weighted by Crippen LogP contribution is 2.18. The van der Waals surface area contributed by atoms with Crippen LogP contribution < -0.4 is 5.32 Å². The van der Waals surface area contributed by atoms with E-state index in [0.717, 1.165) is 17.9 Å². The number of rotatable bonds is 13.